The molecule has 2 rings (SSSR count). The van der Waals surface area contributed by atoms with Crippen molar-refractivity contribution in [3.05, 3.63) is 45.3 Å². The van der Waals surface area contributed by atoms with Gasteiger partial charge in [0.05, 0.1) is 10.6 Å². The van der Waals surface area contributed by atoms with Gasteiger partial charge in [-0.1, -0.05) is 0 Å². The molecule has 0 aliphatic carbocycles. The van der Waals surface area contributed by atoms with E-state index in [0.717, 1.165) is 34.4 Å². The Balaban J connectivity index is 2.39. The smallest absolute Gasteiger partial charge is 0.271 e. The lowest BCUT2D eigenvalue weighted by Gasteiger charge is -2.07. The predicted octanol–water partition coefficient (Wildman–Crippen LogP) is 2.47. The number of phenols is 1. The second-order valence-corrected chi connectivity index (χ2v) is 7.13. The van der Waals surface area contributed by atoms with Crippen LogP contribution in [0.25, 0.3) is 0 Å². The molecule has 0 unspecified atom stereocenters. The number of rotatable bonds is 4. The lowest BCUT2D eigenvalue weighted by atomic mass is 10.2. The van der Waals surface area contributed by atoms with E-state index in [1.807, 2.05) is 0 Å². The molecule has 2 aromatic rings. The highest BCUT2D eigenvalue weighted by molar-refractivity contribution is 7.94. The number of sulfonamides is 1. The second kappa shape index (κ2) is 5.10. The van der Waals surface area contributed by atoms with Crippen LogP contribution in [0, 0.1) is 17.0 Å². The first kappa shape index (κ1) is 14.3. The van der Waals surface area contributed by atoms with Crippen molar-refractivity contribution < 1.29 is 18.4 Å². The largest absolute Gasteiger partial charge is 0.506 e. The first-order chi connectivity index (χ1) is 9.29. The van der Waals surface area contributed by atoms with Gasteiger partial charge in [-0.25, -0.2) is 8.42 Å². The van der Waals surface area contributed by atoms with Crippen LogP contribution in [0.5, 0.6) is 5.75 Å². The van der Waals surface area contributed by atoms with Crippen molar-refractivity contribution in [3.63, 3.8) is 0 Å². The summed E-state index contributed by atoms with van der Waals surface area (Å²) in [5.41, 5.74) is -0.548. The average Bonchev–Trinajstić information content (AvgIpc) is 2.79. The lowest BCUT2D eigenvalue weighted by Crippen LogP contribution is -2.11. The number of anilines is 1. The fourth-order valence-corrected chi connectivity index (χ4v) is 3.82. The highest BCUT2D eigenvalue weighted by Gasteiger charge is 2.19. The number of aryl methyl sites for hydroxylation is 1. The van der Waals surface area contributed by atoms with Crippen LogP contribution in [0.3, 0.4) is 0 Å². The molecule has 0 amide bonds. The number of nitro groups is 1. The zero-order valence-corrected chi connectivity index (χ0v) is 11.9. The van der Waals surface area contributed by atoms with Gasteiger partial charge in [-0.3, -0.25) is 14.8 Å². The Morgan fingerprint density at radius 1 is 1.30 bits per heavy atom. The highest BCUT2D eigenvalue weighted by atomic mass is 32.2. The summed E-state index contributed by atoms with van der Waals surface area (Å²) >= 11 is 1.06. The molecule has 2 N–H and O–H groups in total. The fraction of sp³-hybridized carbons (Fsp3) is 0.0909. The third kappa shape index (κ3) is 2.89. The summed E-state index contributed by atoms with van der Waals surface area (Å²) in [7, 11) is -3.87. The Morgan fingerprint density at radius 2 is 2.00 bits per heavy atom. The molecule has 7 nitrogen and oxygen atoms in total. The van der Waals surface area contributed by atoms with Gasteiger partial charge in [0.15, 0.2) is 0 Å². The summed E-state index contributed by atoms with van der Waals surface area (Å²) in [6.45, 7) is 1.76. The van der Waals surface area contributed by atoms with Crippen LogP contribution in [0.1, 0.15) is 4.88 Å². The highest BCUT2D eigenvalue weighted by Crippen LogP contribution is 2.31. The molecule has 9 heteroatoms. The summed E-state index contributed by atoms with van der Waals surface area (Å²) in [5, 5.41) is 20.2. The van der Waals surface area contributed by atoms with Gasteiger partial charge in [0.25, 0.3) is 15.7 Å². The quantitative estimate of drug-likeness (QED) is 0.512. The minimum atomic E-state index is -3.87. The van der Waals surface area contributed by atoms with E-state index in [2.05, 4.69) is 4.72 Å². The zero-order valence-electron chi connectivity index (χ0n) is 10.2. The Morgan fingerprint density at radius 3 is 2.55 bits per heavy atom. The number of phenolic OH excluding ortho intramolecular Hbond substituents is 1. The molecule has 0 atom stereocenters. The molecule has 1 heterocycles. The van der Waals surface area contributed by atoms with Crippen molar-refractivity contribution in [1.29, 1.82) is 0 Å². The van der Waals surface area contributed by atoms with Crippen molar-refractivity contribution in [2.75, 3.05) is 4.72 Å². The topological polar surface area (TPSA) is 110 Å². The van der Waals surface area contributed by atoms with Crippen LogP contribution in [-0.2, 0) is 10.0 Å². The minimum absolute atomic E-state index is 0.0703. The SMILES string of the molecule is Cc1ccc(S(=O)(=O)Nc2cc([N+](=O)[O-])ccc2O)s1. The second-order valence-electron chi connectivity index (χ2n) is 3.93. The maximum Gasteiger partial charge on any atom is 0.271 e. The maximum atomic E-state index is 12.1. The molecule has 106 valence electrons. The molecule has 0 aliphatic heterocycles. The van der Waals surface area contributed by atoms with E-state index in [1.165, 1.54) is 6.07 Å². The number of nitrogens with one attached hydrogen (secondary N) is 1. The summed E-state index contributed by atoms with van der Waals surface area (Å²) < 4.78 is 26.3. The van der Waals surface area contributed by atoms with Crippen molar-refractivity contribution in [2.45, 2.75) is 11.1 Å². The van der Waals surface area contributed by atoms with Gasteiger partial charge >= 0.3 is 0 Å². The number of hydrogen-bond donors (Lipinski definition) is 2. The van der Waals surface area contributed by atoms with Crippen LogP contribution >= 0.6 is 11.3 Å². The third-order valence-electron chi connectivity index (χ3n) is 2.42. The molecule has 20 heavy (non-hydrogen) atoms. The standard InChI is InChI=1S/C11H10N2O5S2/c1-7-2-5-11(19-7)20(17,18)12-9-6-8(13(15)16)3-4-10(9)14/h2-6,12,14H,1H3. The van der Waals surface area contributed by atoms with Gasteiger partial charge < -0.3 is 5.11 Å². The van der Waals surface area contributed by atoms with E-state index in [9.17, 15) is 23.6 Å². The summed E-state index contributed by atoms with van der Waals surface area (Å²) in [5.74, 6) is -0.382. The van der Waals surface area contributed by atoms with Gasteiger partial charge in [0.1, 0.15) is 9.96 Å². The monoisotopic (exact) mass is 314 g/mol. The first-order valence-corrected chi connectivity index (χ1v) is 7.66. The lowest BCUT2D eigenvalue weighted by molar-refractivity contribution is -0.384. The minimum Gasteiger partial charge on any atom is -0.506 e. The molecule has 0 fully saturated rings. The first-order valence-electron chi connectivity index (χ1n) is 5.36. The van der Waals surface area contributed by atoms with Crippen LogP contribution in [0.4, 0.5) is 11.4 Å². The van der Waals surface area contributed by atoms with Crippen molar-refractivity contribution in [1.82, 2.24) is 0 Å². The number of nitrogens with zero attached hydrogens (tertiary/aromatic N) is 1. The van der Waals surface area contributed by atoms with Gasteiger partial charge in [-0.2, -0.15) is 0 Å². The fourth-order valence-electron chi connectivity index (χ4n) is 1.47. The molecule has 0 spiro atoms. The number of aromatic hydroxyl groups is 1. The molecule has 0 aliphatic rings. The van der Waals surface area contributed by atoms with Crippen molar-refractivity contribution in [2.24, 2.45) is 0 Å². The molecule has 0 saturated heterocycles. The van der Waals surface area contributed by atoms with Gasteiger partial charge in [-0.15, -0.1) is 11.3 Å². The number of hydrogen-bond acceptors (Lipinski definition) is 6. The number of non-ortho nitro benzene ring substituents is 1. The van der Waals surface area contributed by atoms with Crippen molar-refractivity contribution in [3.8, 4) is 5.75 Å². The molecule has 1 aromatic carbocycles. The van der Waals surface area contributed by atoms with E-state index in [-0.39, 0.29) is 21.3 Å². The molecule has 1 aromatic heterocycles. The summed E-state index contributed by atoms with van der Waals surface area (Å²) in [4.78, 5) is 10.8. The Bertz CT molecular complexity index is 767. The number of thiophene rings is 1. The van der Waals surface area contributed by atoms with Crippen LogP contribution in [0.15, 0.2) is 34.5 Å². The van der Waals surface area contributed by atoms with Gasteiger partial charge in [0.2, 0.25) is 0 Å². The van der Waals surface area contributed by atoms with Crippen molar-refractivity contribution >= 4 is 32.7 Å². The zero-order chi connectivity index (χ0) is 14.9. The predicted molar refractivity (Wildman–Crippen MR) is 74.6 cm³/mol. The Hall–Kier alpha value is -2.13. The Labute approximate surface area is 118 Å². The van der Waals surface area contributed by atoms with Crippen LogP contribution in [0.2, 0.25) is 0 Å². The van der Waals surface area contributed by atoms with E-state index in [1.54, 1.807) is 13.0 Å². The summed E-state index contributed by atoms with van der Waals surface area (Å²) in [6, 6.07) is 6.19. The Kier molecular flexibility index (Phi) is 3.64. The molecular weight excluding hydrogens is 304 g/mol. The molecule has 0 saturated carbocycles. The van der Waals surface area contributed by atoms with E-state index in [0.29, 0.717) is 0 Å². The maximum absolute atomic E-state index is 12.1. The summed E-state index contributed by atoms with van der Waals surface area (Å²) in [6.07, 6.45) is 0. The van der Waals surface area contributed by atoms with E-state index in [4.69, 9.17) is 0 Å². The third-order valence-corrected chi connectivity index (χ3v) is 5.27. The van der Waals surface area contributed by atoms with Crippen LogP contribution in [-0.4, -0.2) is 18.4 Å². The molecule has 0 radical (unpaired) electrons. The van der Waals surface area contributed by atoms with Gasteiger partial charge in [-0.05, 0) is 25.1 Å². The van der Waals surface area contributed by atoms with Gasteiger partial charge in [0, 0.05) is 17.0 Å². The normalized spacial score (nSPS) is 11.2. The number of benzene rings is 1. The molecular formula is C11H10N2O5S2. The molecule has 0 bridgehead atoms. The van der Waals surface area contributed by atoms with E-state index >= 15 is 0 Å². The van der Waals surface area contributed by atoms with Crippen LogP contribution < -0.4 is 4.72 Å². The van der Waals surface area contributed by atoms with E-state index < -0.39 is 14.9 Å². The average molecular weight is 314 g/mol. The number of nitro benzene ring substituents is 1.